The highest BCUT2D eigenvalue weighted by Gasteiger charge is 2.16. The Kier molecular flexibility index (Phi) is 1.90. The van der Waals surface area contributed by atoms with E-state index in [4.69, 9.17) is 4.52 Å². The second-order valence-electron chi connectivity index (χ2n) is 2.93. The molecule has 0 aliphatic carbocycles. The number of rotatable bonds is 1. The lowest BCUT2D eigenvalue weighted by Crippen LogP contribution is -2.26. The number of hydrogen-bond donors (Lipinski definition) is 1. The Hall–Kier alpha value is -0.830. The van der Waals surface area contributed by atoms with Crippen LogP contribution in [0.4, 0.5) is 0 Å². The standard InChI is InChI=1S/C8H12N2O/c1-2-5-9-7(3-1)8-4-6-11-10-8/h4,6-7,9H,1-3,5H2/t7-/m1/s1. The van der Waals surface area contributed by atoms with E-state index < -0.39 is 0 Å². The molecule has 0 radical (unpaired) electrons. The summed E-state index contributed by atoms with van der Waals surface area (Å²) in [5.74, 6) is 0. The molecule has 2 rings (SSSR count). The van der Waals surface area contributed by atoms with Gasteiger partial charge in [-0.05, 0) is 19.4 Å². The molecule has 2 heterocycles. The van der Waals surface area contributed by atoms with Crippen LogP contribution in [0.15, 0.2) is 16.9 Å². The summed E-state index contributed by atoms with van der Waals surface area (Å²) in [4.78, 5) is 0. The lowest BCUT2D eigenvalue weighted by Gasteiger charge is -2.20. The summed E-state index contributed by atoms with van der Waals surface area (Å²) < 4.78 is 4.78. The van der Waals surface area contributed by atoms with Gasteiger partial charge in [0.15, 0.2) is 0 Å². The normalized spacial score (nSPS) is 25.3. The Balaban J connectivity index is 2.04. The van der Waals surface area contributed by atoms with Gasteiger partial charge in [-0.25, -0.2) is 0 Å². The van der Waals surface area contributed by atoms with E-state index in [-0.39, 0.29) is 0 Å². The van der Waals surface area contributed by atoms with Crippen molar-refractivity contribution < 1.29 is 4.52 Å². The summed E-state index contributed by atoms with van der Waals surface area (Å²) in [5, 5.41) is 7.30. The van der Waals surface area contributed by atoms with Crippen LogP contribution in [-0.4, -0.2) is 11.7 Å². The Morgan fingerprint density at radius 1 is 1.55 bits per heavy atom. The molecular formula is C8H12N2O. The molecule has 1 aromatic heterocycles. The highest BCUT2D eigenvalue weighted by Crippen LogP contribution is 2.20. The van der Waals surface area contributed by atoms with Crippen molar-refractivity contribution in [1.29, 1.82) is 0 Å². The minimum Gasteiger partial charge on any atom is -0.364 e. The average Bonchev–Trinajstić information content (AvgIpc) is 2.58. The van der Waals surface area contributed by atoms with Crippen molar-refractivity contribution in [2.24, 2.45) is 0 Å². The molecule has 3 heteroatoms. The summed E-state index contributed by atoms with van der Waals surface area (Å²) in [6.45, 7) is 1.11. The molecule has 1 aromatic rings. The molecule has 1 aliphatic heterocycles. The van der Waals surface area contributed by atoms with E-state index in [1.165, 1.54) is 19.3 Å². The summed E-state index contributed by atoms with van der Waals surface area (Å²) in [6, 6.07) is 2.37. The molecule has 1 atom stereocenters. The third-order valence-electron chi connectivity index (χ3n) is 2.13. The smallest absolute Gasteiger partial charge is 0.124 e. The Bertz CT molecular complexity index is 202. The molecule has 0 unspecified atom stereocenters. The lowest BCUT2D eigenvalue weighted by atomic mass is 10.0. The van der Waals surface area contributed by atoms with Crippen LogP contribution in [-0.2, 0) is 0 Å². The van der Waals surface area contributed by atoms with Gasteiger partial charge in [-0.3, -0.25) is 0 Å². The maximum atomic E-state index is 4.78. The Labute approximate surface area is 65.8 Å². The molecule has 0 saturated carbocycles. The molecule has 1 saturated heterocycles. The van der Waals surface area contributed by atoms with Crippen molar-refractivity contribution in [2.75, 3.05) is 6.54 Å². The Morgan fingerprint density at radius 2 is 2.55 bits per heavy atom. The van der Waals surface area contributed by atoms with E-state index in [1.54, 1.807) is 6.26 Å². The molecule has 60 valence electrons. The van der Waals surface area contributed by atoms with Gasteiger partial charge in [-0.1, -0.05) is 11.6 Å². The fourth-order valence-electron chi connectivity index (χ4n) is 1.51. The minimum absolute atomic E-state index is 0.433. The van der Waals surface area contributed by atoms with E-state index in [2.05, 4.69) is 10.5 Å². The van der Waals surface area contributed by atoms with Gasteiger partial charge in [0.05, 0.1) is 6.04 Å². The molecule has 1 N–H and O–H groups in total. The second kappa shape index (κ2) is 3.05. The van der Waals surface area contributed by atoms with Crippen molar-refractivity contribution in [2.45, 2.75) is 25.3 Å². The number of piperidine rings is 1. The first-order valence-corrected chi connectivity index (χ1v) is 4.10. The van der Waals surface area contributed by atoms with Crippen molar-refractivity contribution in [3.05, 3.63) is 18.0 Å². The van der Waals surface area contributed by atoms with Gasteiger partial charge < -0.3 is 9.84 Å². The van der Waals surface area contributed by atoms with Crippen LogP contribution in [0.1, 0.15) is 31.0 Å². The maximum absolute atomic E-state index is 4.78. The monoisotopic (exact) mass is 152 g/mol. The van der Waals surface area contributed by atoms with Crippen LogP contribution in [0.2, 0.25) is 0 Å². The number of nitrogens with zero attached hydrogens (tertiary/aromatic N) is 1. The number of aromatic nitrogens is 1. The van der Waals surface area contributed by atoms with Gasteiger partial charge in [0.2, 0.25) is 0 Å². The Morgan fingerprint density at radius 3 is 3.18 bits per heavy atom. The summed E-state index contributed by atoms with van der Waals surface area (Å²) >= 11 is 0. The highest BCUT2D eigenvalue weighted by molar-refractivity contribution is 5.03. The zero-order valence-corrected chi connectivity index (χ0v) is 6.42. The zero-order valence-electron chi connectivity index (χ0n) is 6.42. The summed E-state index contributed by atoms with van der Waals surface area (Å²) in [6.07, 6.45) is 5.40. The first-order chi connectivity index (χ1) is 5.47. The summed E-state index contributed by atoms with van der Waals surface area (Å²) in [5.41, 5.74) is 1.05. The van der Waals surface area contributed by atoms with E-state index in [1.807, 2.05) is 6.07 Å². The van der Waals surface area contributed by atoms with Crippen molar-refractivity contribution in [1.82, 2.24) is 10.5 Å². The van der Waals surface area contributed by atoms with Gasteiger partial charge in [-0.2, -0.15) is 0 Å². The van der Waals surface area contributed by atoms with Gasteiger partial charge in [0.25, 0.3) is 0 Å². The van der Waals surface area contributed by atoms with Crippen LogP contribution in [0.5, 0.6) is 0 Å². The fourth-order valence-corrected chi connectivity index (χ4v) is 1.51. The van der Waals surface area contributed by atoms with E-state index in [0.29, 0.717) is 6.04 Å². The molecular weight excluding hydrogens is 140 g/mol. The first-order valence-electron chi connectivity index (χ1n) is 4.10. The van der Waals surface area contributed by atoms with Gasteiger partial charge in [0, 0.05) is 6.07 Å². The molecule has 3 nitrogen and oxygen atoms in total. The van der Waals surface area contributed by atoms with Crippen LogP contribution in [0.25, 0.3) is 0 Å². The zero-order chi connectivity index (χ0) is 7.52. The third kappa shape index (κ3) is 1.43. The van der Waals surface area contributed by atoms with Crippen molar-refractivity contribution in [3.63, 3.8) is 0 Å². The molecule has 1 aliphatic rings. The van der Waals surface area contributed by atoms with Gasteiger partial charge in [-0.15, -0.1) is 0 Å². The predicted octanol–water partition coefficient (Wildman–Crippen LogP) is 1.49. The topological polar surface area (TPSA) is 38.1 Å². The SMILES string of the molecule is c1cc([C@H]2CCCCN2)no1. The molecule has 0 spiro atoms. The van der Waals surface area contributed by atoms with Crippen molar-refractivity contribution in [3.8, 4) is 0 Å². The largest absolute Gasteiger partial charge is 0.364 e. The molecule has 0 bridgehead atoms. The molecule has 1 fully saturated rings. The van der Waals surface area contributed by atoms with Gasteiger partial charge >= 0.3 is 0 Å². The fraction of sp³-hybridized carbons (Fsp3) is 0.625. The van der Waals surface area contributed by atoms with Crippen LogP contribution in [0.3, 0.4) is 0 Å². The van der Waals surface area contributed by atoms with Gasteiger partial charge in [0.1, 0.15) is 12.0 Å². The molecule has 11 heavy (non-hydrogen) atoms. The predicted molar refractivity (Wildman–Crippen MR) is 41.1 cm³/mol. The summed E-state index contributed by atoms with van der Waals surface area (Å²) in [7, 11) is 0. The maximum Gasteiger partial charge on any atom is 0.124 e. The number of nitrogens with one attached hydrogen (secondary N) is 1. The average molecular weight is 152 g/mol. The van der Waals surface area contributed by atoms with Crippen LogP contribution in [0, 0.1) is 0 Å². The second-order valence-corrected chi connectivity index (χ2v) is 2.93. The number of hydrogen-bond acceptors (Lipinski definition) is 3. The van der Waals surface area contributed by atoms with E-state index in [0.717, 1.165) is 12.2 Å². The molecule has 0 amide bonds. The quantitative estimate of drug-likeness (QED) is 0.662. The van der Waals surface area contributed by atoms with E-state index in [9.17, 15) is 0 Å². The van der Waals surface area contributed by atoms with Crippen LogP contribution < -0.4 is 5.32 Å². The highest BCUT2D eigenvalue weighted by atomic mass is 16.5. The van der Waals surface area contributed by atoms with Crippen molar-refractivity contribution >= 4 is 0 Å². The first kappa shape index (κ1) is 6.85. The molecule has 0 aromatic carbocycles. The van der Waals surface area contributed by atoms with E-state index >= 15 is 0 Å². The third-order valence-corrected chi connectivity index (χ3v) is 2.13. The lowest BCUT2D eigenvalue weighted by molar-refractivity contribution is 0.364. The minimum atomic E-state index is 0.433. The van der Waals surface area contributed by atoms with Crippen LogP contribution >= 0.6 is 0 Å².